The van der Waals surface area contributed by atoms with E-state index in [1.54, 1.807) is 6.26 Å². The maximum absolute atomic E-state index is 5.53. The Labute approximate surface area is 85.9 Å². The van der Waals surface area contributed by atoms with E-state index in [1.165, 1.54) is 5.56 Å². The number of hydrogen-bond acceptors (Lipinski definition) is 3. The summed E-state index contributed by atoms with van der Waals surface area (Å²) in [4.78, 5) is 2.30. The van der Waals surface area contributed by atoms with Crippen molar-refractivity contribution in [2.75, 3.05) is 13.6 Å². The molecule has 1 aromatic heterocycles. The standard InChI is InChI=1S/C11H20N2O/c1-9(4-6-12)13(3)8-11-5-7-14-10(11)2/h5,7,9H,4,6,8,12H2,1-3H3. The average molecular weight is 196 g/mol. The van der Waals surface area contributed by atoms with E-state index in [0.717, 1.165) is 25.3 Å². The molecule has 14 heavy (non-hydrogen) atoms. The molecule has 1 unspecified atom stereocenters. The van der Waals surface area contributed by atoms with Crippen LogP contribution >= 0.6 is 0 Å². The second kappa shape index (κ2) is 5.17. The zero-order chi connectivity index (χ0) is 10.6. The van der Waals surface area contributed by atoms with E-state index in [9.17, 15) is 0 Å². The smallest absolute Gasteiger partial charge is 0.105 e. The molecule has 0 saturated heterocycles. The summed E-state index contributed by atoms with van der Waals surface area (Å²) in [5.41, 5.74) is 6.79. The van der Waals surface area contributed by atoms with Gasteiger partial charge in [-0.25, -0.2) is 0 Å². The fraction of sp³-hybridized carbons (Fsp3) is 0.636. The summed E-state index contributed by atoms with van der Waals surface area (Å²) in [6.07, 6.45) is 2.78. The Kier molecular flexibility index (Phi) is 4.17. The SMILES string of the molecule is Cc1occc1CN(C)C(C)CCN. The van der Waals surface area contributed by atoms with Crippen molar-refractivity contribution in [3.8, 4) is 0 Å². The molecule has 0 spiro atoms. The monoisotopic (exact) mass is 196 g/mol. The minimum absolute atomic E-state index is 0.522. The molecule has 0 fully saturated rings. The molecule has 0 bridgehead atoms. The molecule has 1 aromatic rings. The predicted octanol–water partition coefficient (Wildman–Crippen LogP) is 1.76. The Balaban J connectivity index is 2.48. The summed E-state index contributed by atoms with van der Waals surface area (Å²) < 4.78 is 5.25. The van der Waals surface area contributed by atoms with Crippen LogP contribution in [0, 0.1) is 6.92 Å². The van der Waals surface area contributed by atoms with E-state index >= 15 is 0 Å². The lowest BCUT2D eigenvalue weighted by Crippen LogP contribution is -2.30. The molecule has 0 amide bonds. The van der Waals surface area contributed by atoms with Gasteiger partial charge in [0.15, 0.2) is 0 Å². The summed E-state index contributed by atoms with van der Waals surface area (Å²) in [7, 11) is 2.12. The number of hydrogen-bond donors (Lipinski definition) is 1. The zero-order valence-corrected chi connectivity index (χ0v) is 9.29. The van der Waals surface area contributed by atoms with Crippen LogP contribution in [-0.4, -0.2) is 24.5 Å². The van der Waals surface area contributed by atoms with Crippen molar-refractivity contribution in [2.45, 2.75) is 32.9 Å². The molecule has 0 aliphatic rings. The van der Waals surface area contributed by atoms with Crippen molar-refractivity contribution >= 4 is 0 Å². The molecule has 0 aliphatic carbocycles. The van der Waals surface area contributed by atoms with E-state index in [0.29, 0.717) is 6.04 Å². The molecule has 1 heterocycles. The van der Waals surface area contributed by atoms with Gasteiger partial charge >= 0.3 is 0 Å². The zero-order valence-electron chi connectivity index (χ0n) is 9.29. The Morgan fingerprint density at radius 1 is 1.57 bits per heavy atom. The highest BCUT2D eigenvalue weighted by molar-refractivity contribution is 5.15. The highest BCUT2D eigenvalue weighted by atomic mass is 16.3. The van der Waals surface area contributed by atoms with Crippen LogP contribution in [0.5, 0.6) is 0 Å². The van der Waals surface area contributed by atoms with E-state index in [2.05, 4.69) is 18.9 Å². The molecular formula is C11H20N2O. The first-order valence-electron chi connectivity index (χ1n) is 5.08. The third-order valence-corrected chi connectivity index (χ3v) is 2.72. The number of rotatable bonds is 5. The van der Waals surface area contributed by atoms with Crippen molar-refractivity contribution in [3.05, 3.63) is 23.7 Å². The first-order chi connectivity index (χ1) is 6.65. The van der Waals surface area contributed by atoms with Crippen molar-refractivity contribution < 1.29 is 4.42 Å². The maximum Gasteiger partial charge on any atom is 0.105 e. The molecular weight excluding hydrogens is 176 g/mol. The fourth-order valence-electron chi connectivity index (χ4n) is 1.46. The minimum Gasteiger partial charge on any atom is -0.469 e. The Hall–Kier alpha value is -0.800. The fourth-order valence-corrected chi connectivity index (χ4v) is 1.46. The summed E-state index contributed by atoms with van der Waals surface area (Å²) in [6.45, 7) is 5.87. The first kappa shape index (κ1) is 11.3. The Bertz CT molecular complexity index is 270. The predicted molar refractivity (Wildman–Crippen MR) is 58.0 cm³/mol. The summed E-state index contributed by atoms with van der Waals surface area (Å²) >= 11 is 0. The van der Waals surface area contributed by atoms with E-state index in [4.69, 9.17) is 10.2 Å². The molecule has 0 radical (unpaired) electrons. The van der Waals surface area contributed by atoms with Crippen LogP contribution in [0.1, 0.15) is 24.7 Å². The third-order valence-electron chi connectivity index (χ3n) is 2.72. The van der Waals surface area contributed by atoms with E-state index in [-0.39, 0.29) is 0 Å². The van der Waals surface area contributed by atoms with Crippen LogP contribution in [0.15, 0.2) is 16.7 Å². The van der Waals surface area contributed by atoms with Gasteiger partial charge in [-0.2, -0.15) is 0 Å². The Morgan fingerprint density at radius 2 is 2.29 bits per heavy atom. The van der Waals surface area contributed by atoms with Gasteiger partial charge < -0.3 is 10.2 Å². The van der Waals surface area contributed by atoms with Gasteiger partial charge in [-0.05, 0) is 39.9 Å². The number of aryl methyl sites for hydroxylation is 1. The van der Waals surface area contributed by atoms with Crippen LogP contribution < -0.4 is 5.73 Å². The van der Waals surface area contributed by atoms with Crippen LogP contribution in [0.4, 0.5) is 0 Å². The third kappa shape index (κ3) is 2.86. The summed E-state index contributed by atoms with van der Waals surface area (Å²) in [5, 5.41) is 0. The van der Waals surface area contributed by atoms with Crippen molar-refractivity contribution in [3.63, 3.8) is 0 Å². The number of furan rings is 1. The van der Waals surface area contributed by atoms with Gasteiger partial charge in [0, 0.05) is 18.2 Å². The van der Waals surface area contributed by atoms with Gasteiger partial charge in [0.25, 0.3) is 0 Å². The largest absolute Gasteiger partial charge is 0.469 e. The first-order valence-corrected chi connectivity index (χ1v) is 5.08. The van der Waals surface area contributed by atoms with Crippen molar-refractivity contribution in [2.24, 2.45) is 5.73 Å². The summed E-state index contributed by atoms with van der Waals surface area (Å²) in [6, 6.07) is 2.55. The molecule has 0 saturated carbocycles. The van der Waals surface area contributed by atoms with Crippen LogP contribution in [0.3, 0.4) is 0 Å². The van der Waals surface area contributed by atoms with Crippen LogP contribution in [-0.2, 0) is 6.54 Å². The maximum atomic E-state index is 5.53. The lowest BCUT2D eigenvalue weighted by molar-refractivity contribution is 0.239. The molecule has 80 valence electrons. The molecule has 3 heteroatoms. The normalized spacial score (nSPS) is 13.5. The molecule has 3 nitrogen and oxygen atoms in total. The molecule has 1 atom stereocenters. The van der Waals surface area contributed by atoms with Gasteiger partial charge in [-0.3, -0.25) is 4.90 Å². The van der Waals surface area contributed by atoms with Gasteiger partial charge in [0.1, 0.15) is 5.76 Å². The number of nitrogens with zero attached hydrogens (tertiary/aromatic N) is 1. The lowest BCUT2D eigenvalue weighted by Gasteiger charge is -2.23. The molecule has 2 N–H and O–H groups in total. The van der Waals surface area contributed by atoms with Crippen LogP contribution in [0.2, 0.25) is 0 Å². The molecule has 1 rings (SSSR count). The van der Waals surface area contributed by atoms with Crippen LogP contribution in [0.25, 0.3) is 0 Å². The van der Waals surface area contributed by atoms with Gasteiger partial charge in [0.05, 0.1) is 6.26 Å². The van der Waals surface area contributed by atoms with E-state index in [1.807, 2.05) is 13.0 Å². The second-order valence-corrected chi connectivity index (χ2v) is 3.84. The van der Waals surface area contributed by atoms with Crippen molar-refractivity contribution in [1.82, 2.24) is 4.90 Å². The van der Waals surface area contributed by atoms with Crippen molar-refractivity contribution in [1.29, 1.82) is 0 Å². The average Bonchev–Trinajstić information content (AvgIpc) is 2.52. The summed E-state index contributed by atoms with van der Waals surface area (Å²) in [5.74, 6) is 1.01. The number of nitrogens with two attached hydrogens (primary N) is 1. The van der Waals surface area contributed by atoms with Gasteiger partial charge in [-0.1, -0.05) is 0 Å². The van der Waals surface area contributed by atoms with Gasteiger partial charge in [0.2, 0.25) is 0 Å². The quantitative estimate of drug-likeness (QED) is 0.780. The molecule has 0 aromatic carbocycles. The Morgan fingerprint density at radius 3 is 2.79 bits per heavy atom. The second-order valence-electron chi connectivity index (χ2n) is 3.84. The lowest BCUT2D eigenvalue weighted by atomic mass is 10.2. The minimum atomic E-state index is 0.522. The van der Waals surface area contributed by atoms with E-state index < -0.39 is 0 Å². The highest BCUT2D eigenvalue weighted by Crippen LogP contribution is 2.13. The topological polar surface area (TPSA) is 42.4 Å². The molecule has 0 aliphatic heterocycles. The van der Waals surface area contributed by atoms with Gasteiger partial charge in [-0.15, -0.1) is 0 Å². The highest BCUT2D eigenvalue weighted by Gasteiger charge is 2.10.